The molecule has 0 unspecified atom stereocenters. The first-order valence-corrected chi connectivity index (χ1v) is 7.96. The summed E-state index contributed by atoms with van der Waals surface area (Å²) in [5.74, 6) is -0.730. The van der Waals surface area contributed by atoms with Crippen LogP contribution in [0.2, 0.25) is 0 Å². The van der Waals surface area contributed by atoms with Crippen molar-refractivity contribution >= 4 is 27.5 Å². The molecule has 0 aliphatic heterocycles. The summed E-state index contributed by atoms with van der Waals surface area (Å²) in [5.41, 5.74) is 1.11. The molecule has 0 radical (unpaired) electrons. The van der Waals surface area contributed by atoms with Crippen LogP contribution in [0.25, 0.3) is 10.2 Å². The van der Waals surface area contributed by atoms with Crippen LogP contribution in [0.1, 0.15) is 17.4 Å². The zero-order chi connectivity index (χ0) is 16.4. The zero-order valence-corrected chi connectivity index (χ0v) is 13.4. The van der Waals surface area contributed by atoms with Crippen LogP contribution in [-0.4, -0.2) is 20.3 Å². The van der Waals surface area contributed by atoms with Crippen molar-refractivity contribution in [3.63, 3.8) is 0 Å². The van der Waals surface area contributed by atoms with Crippen molar-refractivity contribution in [2.75, 3.05) is 0 Å². The zero-order valence-electron chi connectivity index (χ0n) is 12.6. The van der Waals surface area contributed by atoms with Gasteiger partial charge in [0.2, 0.25) is 0 Å². The summed E-state index contributed by atoms with van der Waals surface area (Å²) in [5, 5.41) is 4.16. The Hall–Kier alpha value is -2.54. The van der Waals surface area contributed by atoms with Crippen LogP contribution in [0.15, 0.2) is 48.1 Å². The molecule has 118 valence electrons. The van der Waals surface area contributed by atoms with Gasteiger partial charge in [0.1, 0.15) is 5.82 Å². The van der Waals surface area contributed by atoms with E-state index >= 15 is 0 Å². The molecule has 0 fully saturated rings. The Morgan fingerprint density at radius 1 is 1.48 bits per heavy atom. The van der Waals surface area contributed by atoms with E-state index in [1.165, 1.54) is 23.5 Å². The van der Waals surface area contributed by atoms with E-state index in [1.807, 2.05) is 11.5 Å². The fourth-order valence-corrected chi connectivity index (χ4v) is 3.30. The molecule has 0 saturated carbocycles. The number of hydrogen-bond acceptors (Lipinski definition) is 3. The number of carbonyl (C=O) groups is 1. The van der Waals surface area contributed by atoms with Crippen molar-refractivity contribution in [2.45, 2.75) is 20.0 Å². The number of allylic oxidation sites excluding steroid dienone is 1. The van der Waals surface area contributed by atoms with Crippen molar-refractivity contribution in [1.82, 2.24) is 14.3 Å². The predicted octanol–water partition coefficient (Wildman–Crippen LogP) is 2.99. The first kappa shape index (κ1) is 15.4. The van der Waals surface area contributed by atoms with E-state index in [4.69, 9.17) is 0 Å². The van der Waals surface area contributed by atoms with Crippen LogP contribution in [0.5, 0.6) is 0 Å². The average molecular weight is 330 g/mol. The lowest BCUT2D eigenvalue weighted by Crippen LogP contribution is -2.16. The monoisotopic (exact) mass is 330 g/mol. The lowest BCUT2D eigenvalue weighted by molar-refractivity contribution is 0.0992. The van der Waals surface area contributed by atoms with Gasteiger partial charge in [-0.3, -0.25) is 9.48 Å². The van der Waals surface area contributed by atoms with Crippen LogP contribution < -0.4 is 4.80 Å². The number of thiazole rings is 1. The Labute approximate surface area is 136 Å². The van der Waals surface area contributed by atoms with E-state index in [9.17, 15) is 9.18 Å². The molecule has 0 aliphatic rings. The first-order valence-electron chi connectivity index (χ1n) is 7.14. The van der Waals surface area contributed by atoms with Gasteiger partial charge in [0.25, 0.3) is 5.91 Å². The molecule has 2 aromatic heterocycles. The summed E-state index contributed by atoms with van der Waals surface area (Å²) < 4.78 is 17.6. The molecule has 0 saturated heterocycles. The second kappa shape index (κ2) is 6.29. The molecule has 0 aliphatic carbocycles. The molecule has 3 rings (SSSR count). The minimum absolute atomic E-state index is 0.292. The Kier molecular flexibility index (Phi) is 4.20. The van der Waals surface area contributed by atoms with Gasteiger partial charge in [-0.25, -0.2) is 4.39 Å². The van der Waals surface area contributed by atoms with Gasteiger partial charge in [0.15, 0.2) is 10.5 Å². The molecular formula is C16H15FN4OS. The molecule has 0 spiro atoms. The van der Waals surface area contributed by atoms with Crippen LogP contribution in [0.3, 0.4) is 0 Å². The van der Waals surface area contributed by atoms with Crippen molar-refractivity contribution in [1.29, 1.82) is 0 Å². The third-order valence-electron chi connectivity index (χ3n) is 3.34. The largest absolute Gasteiger partial charge is 0.312 e. The normalized spacial score (nSPS) is 12.0. The summed E-state index contributed by atoms with van der Waals surface area (Å²) in [7, 11) is 0. The van der Waals surface area contributed by atoms with Gasteiger partial charge in [0.05, 0.1) is 10.2 Å². The molecule has 2 heterocycles. The minimum atomic E-state index is -0.415. The second-order valence-electron chi connectivity index (χ2n) is 4.87. The first-order chi connectivity index (χ1) is 11.1. The fraction of sp³-hybridized carbons (Fsp3) is 0.188. The molecule has 0 bridgehead atoms. The summed E-state index contributed by atoms with van der Waals surface area (Å²) in [4.78, 5) is 17.0. The van der Waals surface area contributed by atoms with Gasteiger partial charge in [-0.05, 0) is 31.2 Å². The number of carbonyl (C=O) groups excluding carboxylic acids is 1. The third-order valence-corrected chi connectivity index (χ3v) is 4.38. The van der Waals surface area contributed by atoms with Gasteiger partial charge in [0, 0.05) is 19.3 Å². The summed E-state index contributed by atoms with van der Waals surface area (Å²) in [6, 6.07) is 6.15. The maximum absolute atomic E-state index is 13.4. The Balaban J connectivity index is 2.11. The average Bonchev–Trinajstić information content (AvgIpc) is 3.13. The maximum Gasteiger partial charge on any atom is 0.300 e. The molecule has 5 nitrogen and oxygen atoms in total. The van der Waals surface area contributed by atoms with E-state index < -0.39 is 5.91 Å². The molecule has 23 heavy (non-hydrogen) atoms. The number of aromatic nitrogens is 3. The lowest BCUT2D eigenvalue weighted by atomic mass is 10.3. The highest BCUT2D eigenvalue weighted by molar-refractivity contribution is 7.16. The van der Waals surface area contributed by atoms with Crippen LogP contribution >= 0.6 is 11.3 Å². The van der Waals surface area contributed by atoms with Gasteiger partial charge in [-0.1, -0.05) is 17.4 Å². The maximum atomic E-state index is 13.4. The number of rotatable bonds is 4. The van der Waals surface area contributed by atoms with Gasteiger partial charge < -0.3 is 4.57 Å². The Morgan fingerprint density at radius 3 is 3.00 bits per heavy atom. The van der Waals surface area contributed by atoms with E-state index in [2.05, 4.69) is 16.7 Å². The fourth-order valence-electron chi connectivity index (χ4n) is 2.23. The van der Waals surface area contributed by atoms with E-state index in [0.717, 1.165) is 10.2 Å². The number of hydrogen-bond donors (Lipinski definition) is 0. The van der Waals surface area contributed by atoms with E-state index in [0.29, 0.717) is 23.6 Å². The SMILES string of the molecule is C=CCn1c(=NC(=O)c2ccn(CC)n2)sc2cc(F)ccc21. The summed E-state index contributed by atoms with van der Waals surface area (Å²) in [6.07, 6.45) is 3.45. The van der Waals surface area contributed by atoms with E-state index in [1.54, 1.807) is 29.1 Å². The highest BCUT2D eigenvalue weighted by Gasteiger charge is 2.11. The summed E-state index contributed by atoms with van der Waals surface area (Å²) >= 11 is 1.27. The van der Waals surface area contributed by atoms with Crippen molar-refractivity contribution in [2.24, 2.45) is 4.99 Å². The number of amides is 1. The highest BCUT2D eigenvalue weighted by Crippen LogP contribution is 2.18. The number of aryl methyl sites for hydroxylation is 1. The molecular weight excluding hydrogens is 315 g/mol. The second-order valence-corrected chi connectivity index (χ2v) is 5.88. The molecule has 0 N–H and O–H groups in total. The standard InChI is InChI=1S/C16H15FN4OS/c1-3-8-21-13-6-5-11(17)10-14(13)23-16(21)18-15(22)12-7-9-20(4-2)19-12/h3,5-7,9-10H,1,4,8H2,2H3. The van der Waals surface area contributed by atoms with Crippen LogP contribution in [-0.2, 0) is 13.1 Å². The van der Waals surface area contributed by atoms with Crippen molar-refractivity contribution in [3.8, 4) is 0 Å². The predicted molar refractivity (Wildman–Crippen MR) is 87.8 cm³/mol. The summed E-state index contributed by atoms with van der Waals surface area (Å²) in [6.45, 7) is 6.84. The molecule has 1 aromatic carbocycles. The van der Waals surface area contributed by atoms with Gasteiger partial charge in [-0.2, -0.15) is 10.1 Å². The number of fused-ring (bicyclic) bond motifs is 1. The van der Waals surface area contributed by atoms with Gasteiger partial charge in [-0.15, -0.1) is 6.58 Å². The molecule has 7 heteroatoms. The Morgan fingerprint density at radius 2 is 2.30 bits per heavy atom. The van der Waals surface area contributed by atoms with Gasteiger partial charge >= 0.3 is 0 Å². The quantitative estimate of drug-likeness (QED) is 0.691. The van der Waals surface area contributed by atoms with Crippen LogP contribution in [0.4, 0.5) is 4.39 Å². The topological polar surface area (TPSA) is 52.2 Å². The minimum Gasteiger partial charge on any atom is -0.312 e. The molecule has 3 aromatic rings. The molecule has 1 amide bonds. The Bertz CT molecular complexity index is 951. The van der Waals surface area contributed by atoms with Crippen molar-refractivity contribution < 1.29 is 9.18 Å². The number of halogens is 1. The lowest BCUT2D eigenvalue weighted by Gasteiger charge is -2.00. The highest BCUT2D eigenvalue weighted by atomic mass is 32.1. The van der Waals surface area contributed by atoms with Crippen molar-refractivity contribution in [3.05, 3.63) is 59.4 Å². The van der Waals surface area contributed by atoms with E-state index in [-0.39, 0.29) is 5.82 Å². The number of nitrogens with zero attached hydrogens (tertiary/aromatic N) is 4. The van der Waals surface area contributed by atoms with Crippen LogP contribution in [0, 0.1) is 5.82 Å². The smallest absolute Gasteiger partial charge is 0.300 e. The third kappa shape index (κ3) is 3.00. The molecule has 0 atom stereocenters. The number of benzene rings is 1.